The van der Waals surface area contributed by atoms with Gasteiger partial charge in [-0.3, -0.25) is 62.3 Å². The predicted molar refractivity (Wildman–Crippen MR) is 389 cm³/mol. The molecule has 2 saturated heterocycles. The second-order valence-electron chi connectivity index (χ2n) is 29.2. The third-order valence-corrected chi connectivity index (χ3v) is 19.4. The standard InChI is InChI=1S/C76H113N13O14/c1-45(2)38-57-70(97)82-64(51(11)90)76(103)87(16)58(41-53-32-24-19-25-33-53)68(95)77-44-62(92)84(13)60(39-46(3)4)74(101)88(17)65(48(7)8)71(98)79-55(40-52-30-22-18-23-31-52)67(94)80-56(43-61(91)83(12)50(10)66(93)81-63(47(5)6)75(102)86(57)15)73(100)85(14)59(42-54-34-26-20-27-35-54)69(96)78-49(9)72(99)89-36-28-21-29-37-89/h18-20,22-27,30-35,45-51,55-60,63-65,90H,21,28-29,36-44H2,1-17H3,(H,77,95)(H,78,96)(H,79,98)(H,80,94)(H,81,93)(H,82,97)/t49-,50?,51+,55-,56-,57-,58-,59-,60-,63?,64-,65-/m0/s1. The molecule has 3 aromatic rings. The Kier molecular flexibility index (Phi) is 32.3. The first-order valence-corrected chi connectivity index (χ1v) is 35.9. The Morgan fingerprint density at radius 3 is 1.55 bits per heavy atom. The van der Waals surface area contributed by atoms with Crippen LogP contribution in [0.3, 0.4) is 0 Å². The second-order valence-corrected chi connectivity index (χ2v) is 29.2. The predicted octanol–water partition coefficient (Wildman–Crippen LogP) is 2.46. The summed E-state index contributed by atoms with van der Waals surface area (Å²) in [5, 5.41) is 27.8. The summed E-state index contributed by atoms with van der Waals surface area (Å²) in [5.74, 6) is -12.0. The summed E-state index contributed by atoms with van der Waals surface area (Å²) < 4.78 is 0. The molecule has 27 nitrogen and oxygen atoms in total. The van der Waals surface area contributed by atoms with Crippen LogP contribution in [-0.2, 0) is 81.6 Å². The molecule has 0 radical (unpaired) electrons. The molecule has 0 saturated carbocycles. The number of amides is 13. The summed E-state index contributed by atoms with van der Waals surface area (Å²) in [6, 6.07) is 10.6. The highest BCUT2D eigenvalue weighted by Crippen LogP contribution is 2.23. The van der Waals surface area contributed by atoms with Crippen LogP contribution in [0.1, 0.15) is 131 Å². The molecule has 7 N–H and O–H groups in total. The van der Waals surface area contributed by atoms with Gasteiger partial charge in [0, 0.05) is 74.6 Å². The Labute approximate surface area is 607 Å². The lowest BCUT2D eigenvalue weighted by Crippen LogP contribution is -2.62. The number of rotatable bonds is 18. The molecule has 103 heavy (non-hydrogen) atoms. The van der Waals surface area contributed by atoms with Crippen molar-refractivity contribution in [3.63, 3.8) is 0 Å². The van der Waals surface area contributed by atoms with Gasteiger partial charge in [0.15, 0.2) is 0 Å². The van der Waals surface area contributed by atoms with E-state index in [1.165, 1.54) is 65.9 Å². The van der Waals surface area contributed by atoms with Gasteiger partial charge in [0.05, 0.1) is 19.1 Å². The highest BCUT2D eigenvalue weighted by molar-refractivity contribution is 6.01. The molecule has 2 aliphatic heterocycles. The van der Waals surface area contributed by atoms with Gasteiger partial charge in [-0.15, -0.1) is 0 Å². The van der Waals surface area contributed by atoms with E-state index >= 15 is 24.0 Å². The Morgan fingerprint density at radius 1 is 0.524 bits per heavy atom. The molecule has 3 aromatic carbocycles. The summed E-state index contributed by atoms with van der Waals surface area (Å²) >= 11 is 0. The summed E-state index contributed by atoms with van der Waals surface area (Å²) in [5.41, 5.74) is 1.77. The van der Waals surface area contributed by atoms with Gasteiger partial charge >= 0.3 is 0 Å². The van der Waals surface area contributed by atoms with Crippen LogP contribution < -0.4 is 31.9 Å². The largest absolute Gasteiger partial charge is 0.391 e. The Balaban J connectivity index is 1.68. The Hall–Kier alpha value is -9.27. The highest BCUT2D eigenvalue weighted by atomic mass is 16.3. The van der Waals surface area contributed by atoms with Gasteiger partial charge in [-0.1, -0.05) is 146 Å². The molecule has 566 valence electrons. The van der Waals surface area contributed by atoms with Crippen LogP contribution in [0.2, 0.25) is 0 Å². The number of aliphatic hydroxyl groups excluding tert-OH is 1. The lowest BCUT2D eigenvalue weighted by atomic mass is 9.96. The van der Waals surface area contributed by atoms with E-state index in [2.05, 4.69) is 31.9 Å². The molecule has 12 atom stereocenters. The van der Waals surface area contributed by atoms with E-state index in [9.17, 15) is 43.5 Å². The highest BCUT2D eigenvalue weighted by Gasteiger charge is 2.44. The van der Waals surface area contributed by atoms with Crippen molar-refractivity contribution >= 4 is 76.8 Å². The van der Waals surface area contributed by atoms with Crippen molar-refractivity contribution in [3.8, 4) is 0 Å². The Bertz CT molecular complexity index is 3410. The maximum atomic E-state index is 15.6. The summed E-state index contributed by atoms with van der Waals surface area (Å²) in [7, 11) is 8.06. The fourth-order valence-corrected chi connectivity index (χ4v) is 13.0. The number of nitrogens with one attached hydrogen (secondary N) is 6. The molecule has 2 unspecified atom stereocenters. The van der Waals surface area contributed by atoms with Crippen LogP contribution in [0.15, 0.2) is 91.0 Å². The van der Waals surface area contributed by atoms with Crippen LogP contribution in [0.4, 0.5) is 0 Å². The summed E-state index contributed by atoms with van der Waals surface area (Å²) in [6.45, 7) is 18.5. The zero-order valence-electron chi connectivity index (χ0n) is 63.3. The maximum Gasteiger partial charge on any atom is 0.248 e. The number of hydrogen-bond donors (Lipinski definition) is 7. The van der Waals surface area contributed by atoms with Gasteiger partial charge in [-0.25, -0.2) is 0 Å². The van der Waals surface area contributed by atoms with E-state index in [1.54, 1.807) is 144 Å². The SMILES string of the molecule is CC(C)C[C@H]1C(=O)N(C)[C@@H](C(C)C)C(=O)N[C@@H](Cc2ccccc2)C(=O)N[C@H](C(=O)N(C)[C@@H](Cc2ccccc2)C(=O)N[C@@H](C)C(=O)N2CCCCC2)CC(=O)N(C)C(C)C(=O)NC(C(C)C)C(=O)N(C)[C@@H](CC(C)C)C(=O)N[C@@H]([C@@H](C)O)C(=O)N(C)[C@@H](Cc2ccccc2)C(=O)NCC(=O)N1C. The van der Waals surface area contributed by atoms with Gasteiger partial charge in [0.1, 0.15) is 66.5 Å². The normalized spacial score (nSPS) is 23.9. The van der Waals surface area contributed by atoms with Crippen molar-refractivity contribution in [1.82, 2.24) is 66.2 Å². The number of likely N-dealkylation sites (tertiary alicyclic amines) is 1. The average Bonchev–Trinajstić information content (AvgIpc) is 0.838. The number of nitrogens with zero attached hydrogens (tertiary/aromatic N) is 7. The minimum atomic E-state index is -1.85. The average molecular weight is 1430 g/mol. The van der Waals surface area contributed by atoms with Crippen molar-refractivity contribution in [1.29, 1.82) is 0 Å². The minimum Gasteiger partial charge on any atom is -0.391 e. The Morgan fingerprint density at radius 2 is 1.03 bits per heavy atom. The number of hydrogen-bond acceptors (Lipinski definition) is 14. The number of carbonyl (C=O) groups is 13. The first-order valence-electron chi connectivity index (χ1n) is 35.9. The number of benzene rings is 3. The maximum absolute atomic E-state index is 15.6. The lowest BCUT2D eigenvalue weighted by molar-refractivity contribution is -0.150. The van der Waals surface area contributed by atoms with Crippen LogP contribution >= 0.6 is 0 Å². The number of likely N-dealkylation sites (N-methyl/N-ethyl adjacent to an activating group) is 6. The molecule has 27 heteroatoms. The zero-order chi connectivity index (χ0) is 76.9. The van der Waals surface area contributed by atoms with Gasteiger partial charge < -0.3 is 71.3 Å². The van der Waals surface area contributed by atoms with E-state index in [0.29, 0.717) is 29.8 Å². The smallest absolute Gasteiger partial charge is 0.248 e. The van der Waals surface area contributed by atoms with Crippen molar-refractivity contribution in [3.05, 3.63) is 108 Å². The zero-order valence-corrected chi connectivity index (χ0v) is 63.3. The topological polar surface area (TPSA) is 337 Å². The molecule has 2 fully saturated rings. The molecule has 0 aliphatic carbocycles. The third-order valence-electron chi connectivity index (χ3n) is 19.4. The molecule has 13 amide bonds. The fraction of sp³-hybridized carbons (Fsp3) is 0.592. The molecule has 0 aromatic heterocycles. The molecular formula is C76H113N13O14. The fourth-order valence-electron chi connectivity index (χ4n) is 13.0. The van der Waals surface area contributed by atoms with Crippen molar-refractivity contribution < 1.29 is 67.4 Å². The third kappa shape index (κ3) is 23.6. The van der Waals surface area contributed by atoms with Gasteiger partial charge in [-0.2, -0.15) is 0 Å². The molecule has 2 aliphatic rings. The first-order chi connectivity index (χ1) is 48.5. The van der Waals surface area contributed by atoms with Crippen LogP contribution in [0, 0.1) is 23.7 Å². The van der Waals surface area contributed by atoms with E-state index in [0.717, 1.165) is 38.9 Å². The van der Waals surface area contributed by atoms with Crippen molar-refractivity contribution in [2.75, 3.05) is 61.9 Å². The molecule has 0 spiro atoms. The summed E-state index contributed by atoms with van der Waals surface area (Å²) in [4.78, 5) is 201. The van der Waals surface area contributed by atoms with Gasteiger partial charge in [-0.05, 0) is 93.2 Å². The van der Waals surface area contributed by atoms with E-state index in [1.807, 2.05) is 13.8 Å². The second kappa shape index (κ2) is 39.4. The van der Waals surface area contributed by atoms with Crippen LogP contribution in [0.5, 0.6) is 0 Å². The van der Waals surface area contributed by atoms with Gasteiger partial charge in [0.2, 0.25) is 76.8 Å². The van der Waals surface area contributed by atoms with E-state index in [4.69, 9.17) is 0 Å². The first kappa shape index (κ1) is 84.4. The van der Waals surface area contributed by atoms with Crippen LogP contribution in [-0.4, -0.2) is 251 Å². The molecule has 2 heterocycles. The number of aliphatic hydroxyl groups is 1. The minimum absolute atomic E-state index is 0.0248. The molecule has 0 bridgehead atoms. The van der Waals surface area contributed by atoms with Crippen molar-refractivity contribution in [2.24, 2.45) is 23.7 Å². The number of piperidine rings is 1. The van der Waals surface area contributed by atoms with E-state index in [-0.39, 0.29) is 49.8 Å². The van der Waals surface area contributed by atoms with Gasteiger partial charge in [0.25, 0.3) is 0 Å². The molecule has 5 rings (SSSR count). The summed E-state index contributed by atoms with van der Waals surface area (Å²) in [6.07, 6.45) is -0.170. The van der Waals surface area contributed by atoms with E-state index < -0.39 is 168 Å². The quantitative estimate of drug-likeness (QED) is 0.0963. The lowest BCUT2D eigenvalue weighted by Gasteiger charge is -2.37. The monoisotopic (exact) mass is 1430 g/mol. The molecular weight excluding hydrogens is 1320 g/mol. The number of carbonyl (C=O) groups excluding carboxylic acids is 13. The van der Waals surface area contributed by atoms with Crippen molar-refractivity contribution in [2.45, 2.75) is 207 Å². The van der Waals surface area contributed by atoms with Crippen LogP contribution in [0.25, 0.3) is 0 Å².